The van der Waals surface area contributed by atoms with Crippen molar-refractivity contribution >= 4 is 5.82 Å². The van der Waals surface area contributed by atoms with Crippen LogP contribution < -0.4 is 5.32 Å². The Hall–Kier alpha value is -2.18. The number of halogens is 4. The molecule has 0 spiro atoms. The lowest BCUT2D eigenvalue weighted by molar-refractivity contribution is -0.137. The third kappa shape index (κ3) is 3.68. The molecule has 0 radical (unpaired) electrons. The SMILES string of the molecule is CCCNc1ccnc(-c2cc(F)ccc2C(F)(F)F)n1. The van der Waals surface area contributed by atoms with E-state index in [9.17, 15) is 17.6 Å². The lowest BCUT2D eigenvalue weighted by Gasteiger charge is -2.12. The number of nitrogens with zero attached hydrogens (tertiary/aromatic N) is 2. The van der Waals surface area contributed by atoms with Crippen molar-refractivity contribution in [1.29, 1.82) is 0 Å². The smallest absolute Gasteiger partial charge is 0.370 e. The maximum absolute atomic E-state index is 13.3. The molecular weight excluding hydrogens is 286 g/mol. The van der Waals surface area contributed by atoms with Gasteiger partial charge in [0.25, 0.3) is 0 Å². The number of alkyl halides is 3. The van der Waals surface area contributed by atoms with Crippen LogP contribution in [0.25, 0.3) is 11.4 Å². The minimum absolute atomic E-state index is 0.164. The fourth-order valence-corrected chi connectivity index (χ4v) is 1.79. The van der Waals surface area contributed by atoms with Crippen LogP contribution in [0.1, 0.15) is 18.9 Å². The van der Waals surface area contributed by atoms with E-state index in [-0.39, 0.29) is 11.4 Å². The molecule has 0 aliphatic rings. The van der Waals surface area contributed by atoms with Crippen molar-refractivity contribution in [3.05, 3.63) is 41.8 Å². The number of benzene rings is 1. The van der Waals surface area contributed by atoms with Crippen molar-refractivity contribution in [1.82, 2.24) is 9.97 Å². The first-order chi connectivity index (χ1) is 9.91. The Kier molecular flexibility index (Phi) is 4.40. The normalized spacial score (nSPS) is 11.5. The van der Waals surface area contributed by atoms with Gasteiger partial charge >= 0.3 is 6.18 Å². The third-order valence-corrected chi connectivity index (χ3v) is 2.74. The van der Waals surface area contributed by atoms with Crippen LogP contribution >= 0.6 is 0 Å². The van der Waals surface area contributed by atoms with E-state index >= 15 is 0 Å². The van der Waals surface area contributed by atoms with Crippen molar-refractivity contribution in [3.8, 4) is 11.4 Å². The second-order valence-electron chi connectivity index (χ2n) is 4.38. The number of anilines is 1. The van der Waals surface area contributed by atoms with Gasteiger partial charge in [-0.05, 0) is 30.7 Å². The van der Waals surface area contributed by atoms with Crippen LogP contribution in [0.3, 0.4) is 0 Å². The van der Waals surface area contributed by atoms with Gasteiger partial charge in [0.05, 0.1) is 5.56 Å². The van der Waals surface area contributed by atoms with Crippen LogP contribution in [-0.4, -0.2) is 16.5 Å². The Bertz CT molecular complexity index is 626. The maximum Gasteiger partial charge on any atom is 0.417 e. The fraction of sp³-hybridized carbons (Fsp3) is 0.286. The molecule has 0 fully saturated rings. The summed E-state index contributed by atoms with van der Waals surface area (Å²) in [5.41, 5.74) is -1.33. The van der Waals surface area contributed by atoms with E-state index in [0.29, 0.717) is 18.4 Å². The van der Waals surface area contributed by atoms with Gasteiger partial charge in [-0.25, -0.2) is 14.4 Å². The number of rotatable bonds is 4. The van der Waals surface area contributed by atoms with E-state index in [1.807, 2.05) is 6.92 Å². The largest absolute Gasteiger partial charge is 0.417 e. The Morgan fingerprint density at radius 3 is 2.62 bits per heavy atom. The summed E-state index contributed by atoms with van der Waals surface area (Å²) in [5.74, 6) is -0.532. The molecule has 0 bridgehead atoms. The molecule has 0 aliphatic heterocycles. The van der Waals surface area contributed by atoms with E-state index in [1.165, 1.54) is 6.20 Å². The highest BCUT2D eigenvalue weighted by molar-refractivity contribution is 5.62. The number of aromatic nitrogens is 2. The summed E-state index contributed by atoms with van der Waals surface area (Å²) in [5, 5.41) is 2.95. The molecule has 7 heteroatoms. The number of hydrogen-bond acceptors (Lipinski definition) is 3. The van der Waals surface area contributed by atoms with Gasteiger partial charge in [-0.3, -0.25) is 0 Å². The summed E-state index contributed by atoms with van der Waals surface area (Å²) in [6.45, 7) is 2.58. The summed E-state index contributed by atoms with van der Waals surface area (Å²) < 4.78 is 52.2. The topological polar surface area (TPSA) is 37.8 Å². The van der Waals surface area contributed by atoms with Crippen LogP contribution in [0.5, 0.6) is 0 Å². The molecule has 1 aromatic heterocycles. The number of nitrogens with one attached hydrogen (secondary N) is 1. The fourth-order valence-electron chi connectivity index (χ4n) is 1.79. The zero-order valence-electron chi connectivity index (χ0n) is 11.2. The van der Waals surface area contributed by atoms with Crippen LogP contribution in [0.15, 0.2) is 30.5 Å². The third-order valence-electron chi connectivity index (χ3n) is 2.74. The molecule has 0 aliphatic carbocycles. The Balaban J connectivity index is 2.48. The number of hydrogen-bond donors (Lipinski definition) is 1. The predicted molar refractivity (Wildman–Crippen MR) is 71.2 cm³/mol. The monoisotopic (exact) mass is 299 g/mol. The molecule has 1 aromatic carbocycles. The van der Waals surface area contributed by atoms with Gasteiger partial charge < -0.3 is 5.32 Å². The van der Waals surface area contributed by atoms with Crippen molar-refractivity contribution in [3.63, 3.8) is 0 Å². The molecular formula is C14H13F4N3. The van der Waals surface area contributed by atoms with Crippen LogP contribution in [0, 0.1) is 5.82 Å². The molecule has 0 saturated carbocycles. The molecule has 112 valence electrons. The molecule has 1 heterocycles. The zero-order chi connectivity index (χ0) is 15.5. The molecule has 0 saturated heterocycles. The second-order valence-corrected chi connectivity index (χ2v) is 4.38. The zero-order valence-corrected chi connectivity index (χ0v) is 11.2. The van der Waals surface area contributed by atoms with E-state index in [1.54, 1.807) is 6.07 Å². The van der Waals surface area contributed by atoms with Gasteiger partial charge in [0.15, 0.2) is 5.82 Å². The highest BCUT2D eigenvalue weighted by Crippen LogP contribution is 2.36. The lowest BCUT2D eigenvalue weighted by atomic mass is 10.1. The molecule has 1 N–H and O–H groups in total. The Morgan fingerprint density at radius 1 is 1.19 bits per heavy atom. The molecule has 2 aromatic rings. The van der Waals surface area contributed by atoms with Gasteiger partial charge in [-0.15, -0.1) is 0 Å². The quantitative estimate of drug-likeness (QED) is 0.863. The predicted octanol–water partition coefficient (Wildman–Crippen LogP) is 4.12. The average Bonchev–Trinajstić information content (AvgIpc) is 2.44. The van der Waals surface area contributed by atoms with Gasteiger partial charge in [0.2, 0.25) is 0 Å². The van der Waals surface area contributed by atoms with Crippen molar-refractivity contribution in [2.75, 3.05) is 11.9 Å². The van der Waals surface area contributed by atoms with Crippen LogP contribution in [-0.2, 0) is 6.18 Å². The minimum atomic E-state index is -4.60. The summed E-state index contributed by atoms with van der Waals surface area (Å²) in [4.78, 5) is 7.82. The van der Waals surface area contributed by atoms with Crippen LogP contribution in [0.4, 0.5) is 23.4 Å². The van der Waals surface area contributed by atoms with E-state index in [4.69, 9.17) is 0 Å². The lowest BCUT2D eigenvalue weighted by Crippen LogP contribution is -2.09. The highest BCUT2D eigenvalue weighted by atomic mass is 19.4. The van der Waals surface area contributed by atoms with E-state index in [0.717, 1.165) is 18.6 Å². The van der Waals surface area contributed by atoms with Crippen LogP contribution in [0.2, 0.25) is 0 Å². The van der Waals surface area contributed by atoms with Crippen molar-refractivity contribution in [2.24, 2.45) is 0 Å². The first kappa shape index (κ1) is 15.2. The highest BCUT2D eigenvalue weighted by Gasteiger charge is 2.34. The first-order valence-electron chi connectivity index (χ1n) is 6.36. The van der Waals surface area contributed by atoms with Crippen molar-refractivity contribution in [2.45, 2.75) is 19.5 Å². The first-order valence-corrected chi connectivity index (χ1v) is 6.36. The van der Waals surface area contributed by atoms with Gasteiger partial charge in [-0.2, -0.15) is 13.2 Å². The summed E-state index contributed by atoms with van der Waals surface area (Å²) in [7, 11) is 0. The van der Waals surface area contributed by atoms with Crippen molar-refractivity contribution < 1.29 is 17.6 Å². The van der Waals surface area contributed by atoms with Gasteiger partial charge in [-0.1, -0.05) is 6.92 Å². The minimum Gasteiger partial charge on any atom is -0.370 e. The molecule has 0 amide bonds. The molecule has 0 unspecified atom stereocenters. The molecule has 21 heavy (non-hydrogen) atoms. The molecule has 0 atom stereocenters. The maximum atomic E-state index is 13.3. The molecule has 3 nitrogen and oxygen atoms in total. The summed E-state index contributed by atoms with van der Waals surface area (Å²) in [6, 6.07) is 3.80. The standard InChI is InChI=1S/C14H13F4N3/c1-2-6-19-12-5-7-20-13(21-12)10-8-9(15)3-4-11(10)14(16,17)18/h3-5,7-8H,2,6H2,1H3,(H,19,20,21). The van der Waals surface area contributed by atoms with Gasteiger partial charge in [0.1, 0.15) is 11.6 Å². The summed E-state index contributed by atoms with van der Waals surface area (Å²) in [6.07, 6.45) is -2.42. The summed E-state index contributed by atoms with van der Waals surface area (Å²) >= 11 is 0. The van der Waals surface area contributed by atoms with Gasteiger partial charge in [0, 0.05) is 18.3 Å². The average molecular weight is 299 g/mol. The molecule has 2 rings (SSSR count). The second kappa shape index (κ2) is 6.07. The van der Waals surface area contributed by atoms with E-state index in [2.05, 4.69) is 15.3 Å². The van der Waals surface area contributed by atoms with E-state index < -0.39 is 17.6 Å². The Morgan fingerprint density at radius 2 is 1.95 bits per heavy atom. The Labute approximate surface area is 119 Å².